The Morgan fingerprint density at radius 3 is 2.42 bits per heavy atom. The van der Waals surface area contributed by atoms with Crippen LogP contribution in [-0.2, 0) is 4.79 Å². The van der Waals surface area contributed by atoms with E-state index < -0.39 is 4.92 Å². The summed E-state index contributed by atoms with van der Waals surface area (Å²) in [6, 6.07) is 15.5. The van der Waals surface area contributed by atoms with Crippen molar-refractivity contribution in [2.75, 3.05) is 7.05 Å². The molecule has 0 radical (unpaired) electrons. The quantitative estimate of drug-likeness (QED) is 0.484. The number of benzene rings is 2. The molecule has 0 spiro atoms. The van der Waals surface area contributed by atoms with Gasteiger partial charge in [-0.25, -0.2) is 4.99 Å². The van der Waals surface area contributed by atoms with Gasteiger partial charge in [0.15, 0.2) is 5.17 Å². The SMILES string of the molecule is CN1C(=O)/C(=C\c2ccc([N+](=O)[O-])cc2)SC1=Nc1ccccc1. The number of non-ortho nitro benzene ring substituents is 1. The van der Waals surface area contributed by atoms with Crippen LogP contribution in [0.15, 0.2) is 64.5 Å². The predicted molar refractivity (Wildman–Crippen MR) is 95.0 cm³/mol. The molecule has 6 nitrogen and oxygen atoms in total. The molecule has 1 fully saturated rings. The second kappa shape index (κ2) is 6.67. The Bertz CT molecular complexity index is 845. The lowest BCUT2D eigenvalue weighted by molar-refractivity contribution is -0.384. The van der Waals surface area contributed by atoms with Gasteiger partial charge in [-0.3, -0.25) is 19.8 Å². The molecular formula is C17H13N3O3S. The number of aliphatic imine (C=N–C) groups is 1. The van der Waals surface area contributed by atoms with Crippen LogP contribution in [-0.4, -0.2) is 27.9 Å². The lowest BCUT2D eigenvalue weighted by Gasteiger charge is -2.06. The van der Waals surface area contributed by atoms with E-state index in [9.17, 15) is 14.9 Å². The molecule has 0 aliphatic carbocycles. The van der Waals surface area contributed by atoms with Crippen LogP contribution in [0.2, 0.25) is 0 Å². The maximum Gasteiger partial charge on any atom is 0.269 e. The van der Waals surface area contributed by atoms with E-state index in [1.54, 1.807) is 25.3 Å². The second-order valence-electron chi connectivity index (χ2n) is 5.05. The van der Waals surface area contributed by atoms with Gasteiger partial charge in [0.1, 0.15) is 0 Å². The molecule has 24 heavy (non-hydrogen) atoms. The normalized spacial score (nSPS) is 17.7. The summed E-state index contributed by atoms with van der Waals surface area (Å²) >= 11 is 1.28. The summed E-state index contributed by atoms with van der Waals surface area (Å²) in [5.74, 6) is -0.145. The molecule has 0 saturated carbocycles. The summed E-state index contributed by atoms with van der Waals surface area (Å²) in [5.41, 5.74) is 1.52. The summed E-state index contributed by atoms with van der Waals surface area (Å²) < 4.78 is 0. The Kier molecular flexibility index (Phi) is 4.43. The van der Waals surface area contributed by atoms with Crippen LogP contribution >= 0.6 is 11.8 Å². The van der Waals surface area contributed by atoms with Gasteiger partial charge in [0.05, 0.1) is 15.5 Å². The fourth-order valence-electron chi connectivity index (χ4n) is 2.11. The van der Waals surface area contributed by atoms with Gasteiger partial charge < -0.3 is 0 Å². The first-order valence-corrected chi connectivity index (χ1v) is 7.92. The van der Waals surface area contributed by atoms with Crippen molar-refractivity contribution in [3.8, 4) is 0 Å². The third-order valence-corrected chi connectivity index (χ3v) is 4.45. The minimum atomic E-state index is -0.454. The lowest BCUT2D eigenvalue weighted by atomic mass is 10.2. The Balaban J connectivity index is 1.86. The van der Waals surface area contributed by atoms with Crippen LogP contribution in [0, 0.1) is 10.1 Å². The number of nitro benzene ring substituents is 1. The minimum Gasteiger partial charge on any atom is -0.290 e. The zero-order valence-corrected chi connectivity index (χ0v) is 13.6. The molecule has 0 bridgehead atoms. The first-order valence-electron chi connectivity index (χ1n) is 7.10. The van der Waals surface area contributed by atoms with E-state index in [1.807, 2.05) is 30.3 Å². The number of thioether (sulfide) groups is 1. The van der Waals surface area contributed by atoms with Gasteiger partial charge in [-0.2, -0.15) is 0 Å². The molecule has 1 aliphatic heterocycles. The standard InChI is InChI=1S/C17H13N3O3S/c1-19-16(21)15(11-12-7-9-14(10-8-12)20(22)23)24-17(19)18-13-5-3-2-4-6-13/h2-11H,1H3/b15-11+,18-17?. The van der Waals surface area contributed by atoms with Crippen molar-refractivity contribution >= 4 is 40.3 Å². The molecule has 1 saturated heterocycles. The van der Waals surface area contributed by atoms with Gasteiger partial charge >= 0.3 is 0 Å². The fourth-order valence-corrected chi connectivity index (χ4v) is 3.10. The number of nitro groups is 1. The zero-order chi connectivity index (χ0) is 17.1. The van der Waals surface area contributed by atoms with Crippen LogP contribution in [0.4, 0.5) is 11.4 Å². The zero-order valence-electron chi connectivity index (χ0n) is 12.7. The van der Waals surface area contributed by atoms with Gasteiger partial charge in [0.25, 0.3) is 11.6 Å². The van der Waals surface area contributed by atoms with E-state index >= 15 is 0 Å². The minimum absolute atomic E-state index is 0.0194. The van der Waals surface area contributed by atoms with Crippen molar-refractivity contribution < 1.29 is 9.72 Å². The Labute approximate surface area is 142 Å². The molecule has 0 aromatic heterocycles. The molecule has 0 N–H and O–H groups in total. The first-order chi connectivity index (χ1) is 11.5. The molecule has 1 aliphatic rings. The molecule has 0 unspecified atom stereocenters. The molecule has 120 valence electrons. The number of carbonyl (C=O) groups is 1. The third kappa shape index (κ3) is 3.36. The number of nitrogens with zero attached hydrogens (tertiary/aromatic N) is 3. The molecular weight excluding hydrogens is 326 g/mol. The Morgan fingerprint density at radius 1 is 1.12 bits per heavy atom. The van der Waals surface area contributed by atoms with Gasteiger partial charge in [-0.05, 0) is 47.7 Å². The average molecular weight is 339 g/mol. The average Bonchev–Trinajstić information content (AvgIpc) is 2.84. The van der Waals surface area contributed by atoms with Gasteiger partial charge in [0, 0.05) is 19.2 Å². The highest BCUT2D eigenvalue weighted by atomic mass is 32.2. The first kappa shape index (κ1) is 15.9. The maximum atomic E-state index is 12.3. The third-order valence-electron chi connectivity index (χ3n) is 3.39. The molecule has 2 aromatic rings. The number of hydrogen-bond acceptors (Lipinski definition) is 5. The van der Waals surface area contributed by atoms with Crippen molar-refractivity contribution in [3.63, 3.8) is 0 Å². The van der Waals surface area contributed by atoms with Crippen LogP contribution in [0.5, 0.6) is 0 Å². The number of amides is 1. The number of carbonyl (C=O) groups excluding carboxylic acids is 1. The largest absolute Gasteiger partial charge is 0.290 e. The van der Waals surface area contributed by atoms with Gasteiger partial charge in [-0.1, -0.05) is 18.2 Å². The summed E-state index contributed by atoms with van der Waals surface area (Å²) in [7, 11) is 1.67. The van der Waals surface area contributed by atoms with E-state index in [-0.39, 0.29) is 11.6 Å². The highest BCUT2D eigenvalue weighted by molar-refractivity contribution is 8.18. The molecule has 1 heterocycles. The van der Waals surface area contributed by atoms with Crippen LogP contribution in [0.1, 0.15) is 5.56 Å². The van der Waals surface area contributed by atoms with Crippen molar-refractivity contribution in [2.45, 2.75) is 0 Å². The number of rotatable bonds is 3. The summed E-state index contributed by atoms with van der Waals surface area (Å²) in [5, 5.41) is 11.3. The fraction of sp³-hybridized carbons (Fsp3) is 0.0588. The van der Waals surface area contributed by atoms with E-state index in [0.29, 0.717) is 10.1 Å². The highest BCUT2D eigenvalue weighted by Crippen LogP contribution is 2.33. The monoisotopic (exact) mass is 339 g/mol. The van der Waals surface area contributed by atoms with Crippen molar-refractivity contribution in [1.29, 1.82) is 0 Å². The number of para-hydroxylation sites is 1. The number of likely N-dealkylation sites (N-methyl/N-ethyl adjacent to an activating group) is 1. The Hall–Kier alpha value is -2.93. The summed E-state index contributed by atoms with van der Waals surface area (Å²) in [6.45, 7) is 0. The molecule has 0 atom stereocenters. The lowest BCUT2D eigenvalue weighted by Crippen LogP contribution is -2.23. The predicted octanol–water partition coefficient (Wildman–Crippen LogP) is 3.83. The van der Waals surface area contributed by atoms with Crippen molar-refractivity contribution in [3.05, 3.63) is 75.2 Å². The van der Waals surface area contributed by atoms with Crippen LogP contribution in [0.25, 0.3) is 6.08 Å². The van der Waals surface area contributed by atoms with E-state index in [4.69, 9.17) is 0 Å². The number of hydrogen-bond donors (Lipinski definition) is 0. The van der Waals surface area contributed by atoms with Crippen LogP contribution < -0.4 is 0 Å². The van der Waals surface area contributed by atoms with E-state index in [1.165, 1.54) is 28.8 Å². The highest BCUT2D eigenvalue weighted by Gasteiger charge is 2.30. The summed E-state index contributed by atoms with van der Waals surface area (Å²) in [6.07, 6.45) is 1.71. The van der Waals surface area contributed by atoms with Crippen molar-refractivity contribution in [2.24, 2.45) is 4.99 Å². The van der Waals surface area contributed by atoms with E-state index in [0.717, 1.165) is 11.3 Å². The van der Waals surface area contributed by atoms with Gasteiger partial charge in [-0.15, -0.1) is 0 Å². The molecule has 1 amide bonds. The topological polar surface area (TPSA) is 75.8 Å². The van der Waals surface area contributed by atoms with E-state index in [2.05, 4.69) is 4.99 Å². The summed E-state index contributed by atoms with van der Waals surface area (Å²) in [4.78, 5) is 29.1. The second-order valence-corrected chi connectivity index (χ2v) is 6.06. The molecule has 7 heteroatoms. The number of amidine groups is 1. The molecule has 3 rings (SSSR count). The maximum absolute atomic E-state index is 12.3. The molecule has 2 aromatic carbocycles. The van der Waals surface area contributed by atoms with Crippen LogP contribution in [0.3, 0.4) is 0 Å². The van der Waals surface area contributed by atoms with Crippen molar-refractivity contribution in [1.82, 2.24) is 4.90 Å². The Morgan fingerprint density at radius 2 is 1.79 bits per heavy atom. The van der Waals surface area contributed by atoms with Gasteiger partial charge in [0.2, 0.25) is 0 Å². The smallest absolute Gasteiger partial charge is 0.269 e.